The van der Waals surface area contributed by atoms with Gasteiger partial charge in [0.2, 0.25) is 0 Å². The first-order chi connectivity index (χ1) is 15.5. The SMILES string of the molecule is Nc1ncnc2c1c(-c1cnc(C(F)F)nc1)cn2Cc1cn(-c2ccccc2F)nn1. The number of anilines is 1. The number of nitrogens with two attached hydrogens (primary N) is 1. The predicted octanol–water partition coefficient (Wildman–Crippen LogP) is 3.18. The molecule has 0 atom stereocenters. The van der Waals surface area contributed by atoms with Crippen LogP contribution in [0.25, 0.3) is 27.8 Å². The smallest absolute Gasteiger partial charge is 0.297 e. The van der Waals surface area contributed by atoms with Crippen LogP contribution in [0.4, 0.5) is 19.0 Å². The molecule has 0 saturated heterocycles. The molecule has 160 valence electrons. The summed E-state index contributed by atoms with van der Waals surface area (Å²) in [5.41, 5.74) is 8.46. The largest absolute Gasteiger partial charge is 0.383 e. The number of hydrogen-bond donors (Lipinski definition) is 1. The van der Waals surface area contributed by atoms with Gasteiger partial charge in [0.1, 0.15) is 35.0 Å². The van der Waals surface area contributed by atoms with Crippen molar-refractivity contribution in [1.29, 1.82) is 0 Å². The van der Waals surface area contributed by atoms with Gasteiger partial charge in [-0.25, -0.2) is 37.8 Å². The summed E-state index contributed by atoms with van der Waals surface area (Å²) in [4.78, 5) is 15.8. The molecule has 0 aliphatic carbocycles. The second kappa shape index (κ2) is 7.72. The molecule has 0 fully saturated rings. The van der Waals surface area contributed by atoms with Crippen LogP contribution in [0.3, 0.4) is 0 Å². The van der Waals surface area contributed by atoms with Crippen molar-refractivity contribution >= 4 is 16.9 Å². The minimum absolute atomic E-state index is 0.219. The second-order valence-corrected chi connectivity index (χ2v) is 6.86. The lowest BCUT2D eigenvalue weighted by molar-refractivity contribution is 0.140. The van der Waals surface area contributed by atoms with E-state index in [2.05, 4.69) is 30.2 Å². The molecule has 0 radical (unpaired) electrons. The molecular formula is C20H14F3N9. The van der Waals surface area contributed by atoms with Crippen LogP contribution in [-0.2, 0) is 6.54 Å². The highest BCUT2D eigenvalue weighted by molar-refractivity contribution is 6.00. The number of halogens is 3. The monoisotopic (exact) mass is 437 g/mol. The molecule has 2 N–H and O–H groups in total. The molecule has 32 heavy (non-hydrogen) atoms. The summed E-state index contributed by atoms with van der Waals surface area (Å²) in [7, 11) is 0. The topological polar surface area (TPSA) is 113 Å². The number of aromatic nitrogens is 8. The van der Waals surface area contributed by atoms with Gasteiger partial charge in [-0.1, -0.05) is 17.3 Å². The number of alkyl halides is 2. The minimum atomic E-state index is -2.77. The van der Waals surface area contributed by atoms with Gasteiger partial charge in [0.25, 0.3) is 6.43 Å². The first-order valence-corrected chi connectivity index (χ1v) is 9.37. The number of hydrogen-bond acceptors (Lipinski definition) is 7. The molecule has 9 nitrogen and oxygen atoms in total. The molecule has 0 amide bonds. The summed E-state index contributed by atoms with van der Waals surface area (Å²) in [5, 5.41) is 8.64. The standard InChI is InChI=1S/C20H14F3N9/c21-14-3-1-2-4-15(14)32-8-12(29-30-32)7-31-9-13(16-18(24)27-10-28-20(16)31)11-5-25-19(17(22)23)26-6-11/h1-6,8-10,17H,7H2,(H2,24,27,28). The summed E-state index contributed by atoms with van der Waals surface area (Å²) in [6.45, 7) is 0.247. The number of nitrogen functional groups attached to an aromatic ring is 1. The van der Waals surface area contributed by atoms with E-state index in [-0.39, 0.29) is 18.1 Å². The lowest BCUT2D eigenvalue weighted by atomic mass is 10.1. The Morgan fingerprint density at radius 1 is 1.00 bits per heavy atom. The average molecular weight is 437 g/mol. The molecule has 1 aromatic carbocycles. The summed E-state index contributed by atoms with van der Waals surface area (Å²) < 4.78 is 42.8. The number of para-hydroxylation sites is 1. The van der Waals surface area contributed by atoms with Gasteiger partial charge in [-0.05, 0) is 12.1 Å². The van der Waals surface area contributed by atoms with Gasteiger partial charge < -0.3 is 10.3 Å². The van der Waals surface area contributed by atoms with Crippen LogP contribution in [0.5, 0.6) is 0 Å². The molecule has 0 aliphatic rings. The van der Waals surface area contributed by atoms with E-state index in [9.17, 15) is 13.2 Å². The molecule has 12 heteroatoms. The van der Waals surface area contributed by atoms with Gasteiger partial charge >= 0.3 is 0 Å². The highest BCUT2D eigenvalue weighted by atomic mass is 19.3. The van der Waals surface area contributed by atoms with Crippen LogP contribution >= 0.6 is 0 Å². The van der Waals surface area contributed by atoms with Crippen molar-refractivity contribution < 1.29 is 13.2 Å². The van der Waals surface area contributed by atoms with E-state index in [1.807, 2.05) is 0 Å². The van der Waals surface area contributed by atoms with E-state index in [0.717, 1.165) is 0 Å². The van der Waals surface area contributed by atoms with Gasteiger partial charge in [-0.15, -0.1) is 5.10 Å². The maximum absolute atomic E-state index is 14.1. The fraction of sp³-hybridized carbons (Fsp3) is 0.100. The van der Waals surface area contributed by atoms with Crippen molar-refractivity contribution in [1.82, 2.24) is 39.5 Å². The Bertz CT molecular complexity index is 1410. The molecule has 0 unspecified atom stereocenters. The van der Waals surface area contributed by atoms with Crippen molar-refractivity contribution in [2.45, 2.75) is 13.0 Å². The molecule has 5 aromatic rings. The van der Waals surface area contributed by atoms with Crippen molar-refractivity contribution in [3.8, 4) is 16.8 Å². The van der Waals surface area contributed by atoms with Crippen LogP contribution in [-0.4, -0.2) is 39.5 Å². The fourth-order valence-corrected chi connectivity index (χ4v) is 3.38. The summed E-state index contributed by atoms with van der Waals surface area (Å²) in [6, 6.07) is 6.22. The highest BCUT2D eigenvalue weighted by Crippen LogP contribution is 2.32. The predicted molar refractivity (Wildman–Crippen MR) is 108 cm³/mol. The molecule has 4 aromatic heterocycles. The molecule has 0 aliphatic heterocycles. The zero-order valence-corrected chi connectivity index (χ0v) is 16.3. The van der Waals surface area contributed by atoms with Gasteiger partial charge in [-0.3, -0.25) is 0 Å². The lowest BCUT2D eigenvalue weighted by Crippen LogP contribution is -2.01. The van der Waals surface area contributed by atoms with E-state index in [0.29, 0.717) is 27.9 Å². The zero-order chi connectivity index (χ0) is 22.2. The Labute approximate surface area is 178 Å². The van der Waals surface area contributed by atoms with Crippen LogP contribution < -0.4 is 5.73 Å². The minimum Gasteiger partial charge on any atom is -0.383 e. The number of nitrogens with zero attached hydrogens (tertiary/aromatic N) is 8. The lowest BCUT2D eigenvalue weighted by Gasteiger charge is -2.02. The van der Waals surface area contributed by atoms with Crippen molar-refractivity contribution in [2.24, 2.45) is 0 Å². The third kappa shape index (κ3) is 3.41. The maximum Gasteiger partial charge on any atom is 0.297 e. The van der Waals surface area contributed by atoms with Crippen molar-refractivity contribution in [2.75, 3.05) is 5.73 Å². The second-order valence-electron chi connectivity index (χ2n) is 6.86. The van der Waals surface area contributed by atoms with Gasteiger partial charge in [-0.2, -0.15) is 0 Å². The molecule has 5 rings (SSSR count). The van der Waals surface area contributed by atoms with E-state index in [4.69, 9.17) is 5.73 Å². The normalized spacial score (nSPS) is 11.5. The molecule has 4 heterocycles. The van der Waals surface area contributed by atoms with Gasteiger partial charge in [0.15, 0.2) is 5.82 Å². The van der Waals surface area contributed by atoms with Gasteiger partial charge in [0.05, 0.1) is 18.1 Å². The fourth-order valence-electron chi connectivity index (χ4n) is 3.38. The van der Waals surface area contributed by atoms with Crippen LogP contribution in [0.2, 0.25) is 0 Å². The van der Waals surface area contributed by atoms with Crippen molar-refractivity contribution in [3.63, 3.8) is 0 Å². The molecule has 0 spiro atoms. The Morgan fingerprint density at radius 3 is 2.53 bits per heavy atom. The van der Waals surface area contributed by atoms with Gasteiger partial charge in [0, 0.05) is 29.7 Å². The first-order valence-electron chi connectivity index (χ1n) is 9.37. The van der Waals surface area contributed by atoms with E-state index >= 15 is 0 Å². The Morgan fingerprint density at radius 2 is 1.78 bits per heavy atom. The van der Waals surface area contributed by atoms with Crippen LogP contribution in [0.15, 0.2) is 55.4 Å². The average Bonchev–Trinajstić information content (AvgIpc) is 3.40. The molecular weight excluding hydrogens is 423 g/mol. The molecule has 0 saturated carbocycles. The number of fused-ring (bicyclic) bond motifs is 1. The van der Waals surface area contributed by atoms with Crippen LogP contribution in [0, 0.1) is 5.82 Å². The Balaban J connectivity index is 1.54. The highest BCUT2D eigenvalue weighted by Gasteiger charge is 2.18. The van der Waals surface area contributed by atoms with Crippen LogP contribution in [0.1, 0.15) is 17.9 Å². The van der Waals surface area contributed by atoms with Crippen molar-refractivity contribution in [3.05, 3.63) is 72.7 Å². The Hall–Kier alpha value is -4.35. The van der Waals surface area contributed by atoms with E-state index in [1.165, 1.54) is 29.5 Å². The zero-order valence-electron chi connectivity index (χ0n) is 16.3. The quantitative estimate of drug-likeness (QED) is 0.449. The summed E-state index contributed by atoms with van der Waals surface area (Å²) >= 11 is 0. The van der Waals surface area contributed by atoms with E-state index < -0.39 is 18.1 Å². The number of rotatable bonds is 5. The summed E-state index contributed by atoms with van der Waals surface area (Å²) in [5.74, 6) is -0.770. The third-order valence-electron chi connectivity index (χ3n) is 4.83. The maximum atomic E-state index is 14.1. The first kappa shape index (κ1) is 19.6. The number of benzene rings is 1. The van der Waals surface area contributed by atoms with E-state index in [1.54, 1.807) is 35.2 Å². The summed E-state index contributed by atoms with van der Waals surface area (Å²) in [6.07, 6.45) is 4.50. The molecule has 0 bridgehead atoms. The third-order valence-corrected chi connectivity index (χ3v) is 4.83. The Kier molecular flexibility index (Phi) is 4.73.